The Morgan fingerprint density at radius 3 is 3.06 bits per heavy atom. The fourth-order valence-electron chi connectivity index (χ4n) is 1.85. The summed E-state index contributed by atoms with van der Waals surface area (Å²) >= 11 is 1.48. The molecular weight excluding hydrogens is 242 g/mol. The number of aromatic nitrogens is 2. The lowest BCUT2D eigenvalue weighted by molar-refractivity contribution is -0.148. The molecule has 2 unspecified atom stereocenters. The number of H-pyrrole nitrogens is 1. The van der Waals surface area contributed by atoms with E-state index in [1.54, 1.807) is 12.3 Å². The molecule has 2 heterocycles. The normalized spacial score (nSPS) is 23.9. The number of nitrogens with zero attached hydrogens (tertiary/aromatic N) is 2. The van der Waals surface area contributed by atoms with Crippen LogP contribution in [0, 0.1) is 0 Å². The van der Waals surface area contributed by atoms with Crippen molar-refractivity contribution in [1.82, 2.24) is 15.1 Å². The van der Waals surface area contributed by atoms with Crippen LogP contribution in [0.25, 0.3) is 0 Å². The first kappa shape index (κ1) is 12.0. The minimum atomic E-state index is -0.945. The van der Waals surface area contributed by atoms with Crippen molar-refractivity contribution in [3.63, 3.8) is 0 Å². The molecule has 1 aromatic heterocycles. The number of carbonyl (C=O) groups excluding carboxylic acids is 1. The number of aromatic amines is 1. The van der Waals surface area contributed by atoms with E-state index in [0.29, 0.717) is 11.4 Å². The van der Waals surface area contributed by atoms with Gasteiger partial charge in [-0.05, 0) is 13.0 Å². The summed E-state index contributed by atoms with van der Waals surface area (Å²) in [6.07, 6.45) is 1.73. The van der Waals surface area contributed by atoms with Crippen LogP contribution in [0.4, 0.5) is 0 Å². The van der Waals surface area contributed by atoms with E-state index in [9.17, 15) is 9.59 Å². The number of rotatable bonds is 3. The highest BCUT2D eigenvalue weighted by atomic mass is 32.2. The maximum Gasteiger partial charge on any atom is 0.327 e. The quantitative estimate of drug-likeness (QED) is 0.812. The zero-order chi connectivity index (χ0) is 12.4. The lowest BCUT2D eigenvalue weighted by Crippen LogP contribution is -2.45. The van der Waals surface area contributed by atoms with Gasteiger partial charge in [-0.25, -0.2) is 4.79 Å². The van der Waals surface area contributed by atoms with Crippen molar-refractivity contribution in [2.24, 2.45) is 0 Å². The summed E-state index contributed by atoms with van der Waals surface area (Å²) in [5.74, 6) is -0.676. The second kappa shape index (κ2) is 4.79. The Morgan fingerprint density at radius 2 is 2.47 bits per heavy atom. The van der Waals surface area contributed by atoms with Crippen molar-refractivity contribution >= 4 is 23.6 Å². The fourth-order valence-corrected chi connectivity index (χ4v) is 3.04. The molecule has 1 saturated heterocycles. The van der Waals surface area contributed by atoms with Gasteiger partial charge in [0.15, 0.2) is 0 Å². The van der Waals surface area contributed by atoms with Gasteiger partial charge in [0.05, 0.1) is 11.8 Å². The first-order chi connectivity index (χ1) is 8.09. The molecule has 0 spiro atoms. The summed E-state index contributed by atoms with van der Waals surface area (Å²) in [6.45, 7) is 1.85. The number of hydrogen-bond acceptors (Lipinski definition) is 4. The highest BCUT2D eigenvalue weighted by Crippen LogP contribution is 2.29. The van der Waals surface area contributed by atoms with Crippen molar-refractivity contribution in [2.75, 3.05) is 5.75 Å². The third kappa shape index (κ3) is 2.44. The molecule has 1 aliphatic heterocycles. The Balaban J connectivity index is 2.09. The van der Waals surface area contributed by atoms with Gasteiger partial charge in [0, 0.05) is 17.6 Å². The summed E-state index contributed by atoms with van der Waals surface area (Å²) in [7, 11) is 0. The first-order valence-electron chi connectivity index (χ1n) is 5.23. The summed E-state index contributed by atoms with van der Waals surface area (Å²) in [5, 5.41) is 15.4. The molecule has 0 aliphatic carbocycles. The number of amides is 1. The number of thioether (sulfide) groups is 1. The number of nitrogens with one attached hydrogen (secondary N) is 1. The molecule has 92 valence electrons. The molecule has 1 aliphatic rings. The molecule has 7 heteroatoms. The molecule has 0 radical (unpaired) electrons. The van der Waals surface area contributed by atoms with Gasteiger partial charge in [0.1, 0.15) is 6.04 Å². The smallest absolute Gasteiger partial charge is 0.327 e. The van der Waals surface area contributed by atoms with Crippen LogP contribution in [0.1, 0.15) is 12.6 Å². The van der Waals surface area contributed by atoms with E-state index in [2.05, 4.69) is 10.2 Å². The minimum Gasteiger partial charge on any atom is -0.480 e. The van der Waals surface area contributed by atoms with E-state index >= 15 is 0 Å². The minimum absolute atomic E-state index is 0.0912. The second-order valence-corrected chi connectivity index (χ2v) is 5.20. The molecule has 2 rings (SSSR count). The molecule has 0 bridgehead atoms. The molecule has 1 fully saturated rings. The maximum atomic E-state index is 12.0. The monoisotopic (exact) mass is 255 g/mol. The fraction of sp³-hybridized carbons (Fsp3) is 0.500. The number of carboxylic acids is 1. The van der Waals surface area contributed by atoms with E-state index in [-0.39, 0.29) is 17.7 Å². The largest absolute Gasteiger partial charge is 0.480 e. The molecular formula is C10H13N3O3S. The average Bonchev–Trinajstić information content (AvgIpc) is 2.86. The van der Waals surface area contributed by atoms with Crippen LogP contribution < -0.4 is 0 Å². The van der Waals surface area contributed by atoms with Crippen molar-refractivity contribution in [3.05, 3.63) is 18.0 Å². The lowest BCUT2D eigenvalue weighted by atomic mass is 10.2. The predicted octanol–water partition coefficient (Wildman–Crippen LogP) is 0.327. The third-order valence-electron chi connectivity index (χ3n) is 2.70. The van der Waals surface area contributed by atoms with Gasteiger partial charge in [-0.2, -0.15) is 5.10 Å². The molecule has 0 aromatic carbocycles. The molecule has 2 atom stereocenters. The Bertz CT molecular complexity index is 420. The Kier molecular flexibility index (Phi) is 3.37. The highest BCUT2D eigenvalue weighted by molar-refractivity contribution is 8.00. The molecule has 2 N–H and O–H groups in total. The summed E-state index contributed by atoms with van der Waals surface area (Å²) < 4.78 is 0. The van der Waals surface area contributed by atoms with Crippen LogP contribution in [-0.4, -0.2) is 49.2 Å². The van der Waals surface area contributed by atoms with Crippen LogP contribution in [0.5, 0.6) is 0 Å². The molecule has 6 nitrogen and oxygen atoms in total. The summed E-state index contributed by atoms with van der Waals surface area (Å²) in [5.41, 5.74) is 0.697. The SMILES string of the molecule is CC1SCC(C(=O)O)N1C(=O)Cc1ccn[nH]1. The maximum absolute atomic E-state index is 12.0. The topological polar surface area (TPSA) is 86.3 Å². The zero-order valence-electron chi connectivity index (χ0n) is 9.29. The highest BCUT2D eigenvalue weighted by Gasteiger charge is 2.39. The average molecular weight is 255 g/mol. The van der Waals surface area contributed by atoms with Gasteiger partial charge in [-0.1, -0.05) is 0 Å². The summed E-state index contributed by atoms with van der Waals surface area (Å²) in [4.78, 5) is 24.5. The van der Waals surface area contributed by atoms with E-state index < -0.39 is 12.0 Å². The van der Waals surface area contributed by atoms with Crippen LogP contribution in [0.2, 0.25) is 0 Å². The van der Waals surface area contributed by atoms with Crippen molar-refractivity contribution in [3.8, 4) is 0 Å². The molecule has 17 heavy (non-hydrogen) atoms. The lowest BCUT2D eigenvalue weighted by Gasteiger charge is -2.24. The van der Waals surface area contributed by atoms with Gasteiger partial charge >= 0.3 is 5.97 Å². The standard InChI is InChI=1S/C10H13N3O3S/c1-6-13(8(5-17-6)10(15)16)9(14)4-7-2-3-11-12-7/h2-3,6,8H,4-5H2,1H3,(H,11,12)(H,15,16). The van der Waals surface area contributed by atoms with Crippen molar-refractivity contribution in [1.29, 1.82) is 0 Å². The van der Waals surface area contributed by atoms with Crippen molar-refractivity contribution in [2.45, 2.75) is 24.8 Å². The van der Waals surface area contributed by atoms with Crippen LogP contribution in [0.3, 0.4) is 0 Å². The Morgan fingerprint density at radius 1 is 1.71 bits per heavy atom. The van der Waals surface area contributed by atoms with Gasteiger partial charge in [-0.15, -0.1) is 11.8 Å². The molecule has 1 amide bonds. The number of hydrogen-bond donors (Lipinski definition) is 2. The number of carboxylic acid groups (broad SMARTS) is 1. The third-order valence-corrected chi connectivity index (χ3v) is 3.91. The zero-order valence-corrected chi connectivity index (χ0v) is 10.1. The second-order valence-electron chi connectivity index (χ2n) is 3.85. The van der Waals surface area contributed by atoms with Crippen LogP contribution in [-0.2, 0) is 16.0 Å². The van der Waals surface area contributed by atoms with Crippen LogP contribution >= 0.6 is 11.8 Å². The van der Waals surface area contributed by atoms with Gasteiger partial charge in [0.25, 0.3) is 0 Å². The number of aliphatic carboxylic acids is 1. The van der Waals surface area contributed by atoms with Crippen molar-refractivity contribution < 1.29 is 14.7 Å². The van der Waals surface area contributed by atoms with Crippen LogP contribution in [0.15, 0.2) is 12.3 Å². The van der Waals surface area contributed by atoms with E-state index in [1.807, 2.05) is 6.92 Å². The van der Waals surface area contributed by atoms with E-state index in [0.717, 1.165) is 0 Å². The predicted molar refractivity (Wildman–Crippen MR) is 62.5 cm³/mol. The Hall–Kier alpha value is -1.50. The Labute approximate surface area is 102 Å². The van der Waals surface area contributed by atoms with E-state index in [1.165, 1.54) is 16.7 Å². The van der Waals surface area contributed by atoms with E-state index in [4.69, 9.17) is 5.11 Å². The molecule has 1 aromatic rings. The number of carbonyl (C=O) groups is 2. The first-order valence-corrected chi connectivity index (χ1v) is 6.28. The van der Waals surface area contributed by atoms with Gasteiger partial charge < -0.3 is 10.0 Å². The summed E-state index contributed by atoms with van der Waals surface area (Å²) in [6, 6.07) is 0.993. The molecule has 0 saturated carbocycles. The van der Waals surface area contributed by atoms with Gasteiger partial charge in [0.2, 0.25) is 5.91 Å². The van der Waals surface area contributed by atoms with Gasteiger partial charge in [-0.3, -0.25) is 9.89 Å².